The van der Waals surface area contributed by atoms with Gasteiger partial charge in [-0.3, -0.25) is 4.79 Å². The largest absolute Gasteiger partial charge is 0.347 e. The van der Waals surface area contributed by atoms with Gasteiger partial charge in [0.05, 0.1) is 11.3 Å². The lowest BCUT2D eigenvalue weighted by Crippen LogP contribution is -2.22. The molecule has 3 nitrogen and oxygen atoms in total. The van der Waals surface area contributed by atoms with Crippen LogP contribution in [0.25, 0.3) is 5.57 Å². The minimum atomic E-state index is 0.0468. The van der Waals surface area contributed by atoms with Crippen molar-refractivity contribution >= 4 is 22.9 Å². The molecule has 3 rings (SSSR count). The van der Waals surface area contributed by atoms with Gasteiger partial charge in [-0.2, -0.15) is 0 Å². The molecular weight excluding hydrogens is 260 g/mol. The van der Waals surface area contributed by atoms with Crippen LogP contribution in [0.2, 0.25) is 0 Å². The first-order valence-electron chi connectivity index (χ1n) is 7.13. The van der Waals surface area contributed by atoms with Crippen molar-refractivity contribution in [2.75, 3.05) is 23.4 Å². The fourth-order valence-corrected chi connectivity index (χ4v) is 2.65. The van der Waals surface area contributed by atoms with Gasteiger partial charge in [-0.25, -0.2) is 0 Å². The quantitative estimate of drug-likeness (QED) is 0.802. The van der Waals surface area contributed by atoms with Crippen LogP contribution in [0.1, 0.15) is 12.5 Å². The molecule has 0 bridgehead atoms. The third-order valence-electron chi connectivity index (χ3n) is 3.80. The van der Waals surface area contributed by atoms with E-state index >= 15 is 0 Å². The average Bonchev–Trinajstić information content (AvgIpc) is 2.78. The highest BCUT2D eigenvalue weighted by Crippen LogP contribution is 2.35. The Hall–Kier alpha value is -2.55. The summed E-state index contributed by atoms with van der Waals surface area (Å²) >= 11 is 0. The van der Waals surface area contributed by atoms with E-state index in [9.17, 15) is 4.79 Å². The highest BCUT2D eigenvalue weighted by molar-refractivity contribution is 6.32. The van der Waals surface area contributed by atoms with Crippen LogP contribution in [-0.4, -0.2) is 19.5 Å². The molecule has 0 aliphatic carbocycles. The number of para-hydroxylation sites is 2. The summed E-state index contributed by atoms with van der Waals surface area (Å²) in [7, 11) is 1.82. The molecule has 0 aromatic heterocycles. The van der Waals surface area contributed by atoms with Crippen LogP contribution >= 0.6 is 0 Å². The maximum atomic E-state index is 12.5. The smallest absolute Gasteiger partial charge is 0.260 e. The van der Waals surface area contributed by atoms with Gasteiger partial charge in [-0.05, 0) is 25.1 Å². The first kappa shape index (κ1) is 13.4. The van der Waals surface area contributed by atoms with Gasteiger partial charge in [0, 0.05) is 31.0 Å². The van der Waals surface area contributed by atoms with Crippen molar-refractivity contribution in [2.24, 2.45) is 0 Å². The molecule has 2 aromatic rings. The summed E-state index contributed by atoms with van der Waals surface area (Å²) in [5, 5.41) is 0. The van der Waals surface area contributed by atoms with Gasteiger partial charge in [-0.15, -0.1) is 0 Å². The predicted molar refractivity (Wildman–Crippen MR) is 87.3 cm³/mol. The molecular formula is C18H18N2O. The van der Waals surface area contributed by atoms with Gasteiger partial charge in [0.2, 0.25) is 0 Å². The Morgan fingerprint density at radius 1 is 1.05 bits per heavy atom. The summed E-state index contributed by atoms with van der Waals surface area (Å²) < 4.78 is 0. The molecule has 3 heteroatoms. The zero-order chi connectivity index (χ0) is 14.8. The third-order valence-corrected chi connectivity index (χ3v) is 3.80. The molecule has 0 unspecified atom stereocenters. The molecule has 0 atom stereocenters. The summed E-state index contributed by atoms with van der Waals surface area (Å²) in [5.74, 6) is 0.0468. The van der Waals surface area contributed by atoms with Crippen molar-refractivity contribution < 1.29 is 4.79 Å². The van der Waals surface area contributed by atoms with Crippen molar-refractivity contribution in [3.05, 3.63) is 66.4 Å². The fourth-order valence-electron chi connectivity index (χ4n) is 2.65. The van der Waals surface area contributed by atoms with Crippen LogP contribution in [0.5, 0.6) is 0 Å². The van der Waals surface area contributed by atoms with Gasteiger partial charge < -0.3 is 9.80 Å². The van der Waals surface area contributed by atoms with Crippen molar-refractivity contribution in [2.45, 2.75) is 6.92 Å². The van der Waals surface area contributed by atoms with Crippen molar-refractivity contribution in [1.82, 2.24) is 0 Å². The zero-order valence-electron chi connectivity index (χ0n) is 12.3. The molecule has 0 fully saturated rings. The van der Waals surface area contributed by atoms with E-state index in [-0.39, 0.29) is 5.91 Å². The maximum absolute atomic E-state index is 12.5. The lowest BCUT2D eigenvalue weighted by atomic mass is 10.1. The number of anilines is 2. The number of nitrogens with zero attached hydrogens (tertiary/aromatic N) is 2. The van der Waals surface area contributed by atoms with Gasteiger partial charge in [0.1, 0.15) is 0 Å². The summed E-state index contributed by atoms with van der Waals surface area (Å²) in [5.41, 5.74) is 3.81. The van der Waals surface area contributed by atoms with Crippen LogP contribution in [-0.2, 0) is 4.79 Å². The number of carbonyl (C=O) groups excluding carboxylic acids is 1. The minimum absolute atomic E-state index is 0.0468. The molecule has 0 saturated carbocycles. The van der Waals surface area contributed by atoms with Crippen LogP contribution in [0.3, 0.4) is 0 Å². The molecule has 21 heavy (non-hydrogen) atoms. The molecule has 0 radical (unpaired) electrons. The zero-order valence-corrected chi connectivity index (χ0v) is 12.3. The number of hydrogen-bond acceptors (Lipinski definition) is 2. The Kier molecular flexibility index (Phi) is 3.48. The van der Waals surface area contributed by atoms with Gasteiger partial charge >= 0.3 is 0 Å². The van der Waals surface area contributed by atoms with Crippen LogP contribution in [0, 0.1) is 0 Å². The molecule has 106 valence electrons. The first-order chi connectivity index (χ1) is 10.2. The molecule has 0 saturated heterocycles. The summed E-state index contributed by atoms with van der Waals surface area (Å²) in [6.07, 6.45) is 1.96. The Morgan fingerprint density at radius 2 is 1.71 bits per heavy atom. The second kappa shape index (κ2) is 5.44. The SMILES string of the molecule is CCN(/C=C1\C(=O)N(C)c2ccccc21)c1ccccc1. The lowest BCUT2D eigenvalue weighted by Gasteiger charge is -2.19. The van der Waals surface area contributed by atoms with E-state index in [1.165, 1.54) is 0 Å². The topological polar surface area (TPSA) is 23.6 Å². The number of benzene rings is 2. The molecule has 0 N–H and O–H groups in total. The van der Waals surface area contributed by atoms with Crippen molar-refractivity contribution in [1.29, 1.82) is 0 Å². The Labute approximate surface area is 125 Å². The molecule has 1 heterocycles. The van der Waals surface area contributed by atoms with Gasteiger partial charge in [0.15, 0.2) is 0 Å². The van der Waals surface area contributed by atoms with E-state index in [1.807, 2.05) is 55.7 Å². The average molecular weight is 278 g/mol. The van der Waals surface area contributed by atoms with E-state index in [0.717, 1.165) is 29.1 Å². The standard InChI is InChI=1S/C18H18N2O/c1-3-20(14-9-5-4-6-10-14)13-16-15-11-7-8-12-17(15)19(2)18(16)21/h4-13H,3H2,1-2H3/b16-13-. The van der Waals surface area contributed by atoms with Crippen LogP contribution in [0.4, 0.5) is 11.4 Å². The molecule has 2 aromatic carbocycles. The summed E-state index contributed by atoms with van der Waals surface area (Å²) in [6, 6.07) is 18.0. The fraction of sp³-hybridized carbons (Fsp3) is 0.167. The van der Waals surface area contributed by atoms with Crippen LogP contribution < -0.4 is 9.80 Å². The highest BCUT2D eigenvalue weighted by atomic mass is 16.2. The highest BCUT2D eigenvalue weighted by Gasteiger charge is 2.29. The van der Waals surface area contributed by atoms with Crippen molar-refractivity contribution in [3.63, 3.8) is 0 Å². The summed E-state index contributed by atoms with van der Waals surface area (Å²) in [6.45, 7) is 2.89. The van der Waals surface area contributed by atoms with E-state index < -0.39 is 0 Å². The Bertz CT molecular complexity index is 691. The second-order valence-electron chi connectivity index (χ2n) is 5.05. The molecule has 0 spiro atoms. The number of likely N-dealkylation sites (N-methyl/N-ethyl adjacent to an activating group) is 1. The molecule has 1 aliphatic heterocycles. The summed E-state index contributed by atoms with van der Waals surface area (Å²) in [4.78, 5) is 16.3. The third kappa shape index (κ3) is 2.31. The number of amides is 1. The minimum Gasteiger partial charge on any atom is -0.347 e. The first-order valence-corrected chi connectivity index (χ1v) is 7.13. The molecule has 1 amide bonds. The van der Waals surface area contributed by atoms with Crippen molar-refractivity contribution in [3.8, 4) is 0 Å². The Balaban J connectivity index is 2.05. The Morgan fingerprint density at radius 3 is 2.43 bits per heavy atom. The van der Waals surface area contributed by atoms with E-state index in [0.29, 0.717) is 0 Å². The number of hydrogen-bond donors (Lipinski definition) is 0. The maximum Gasteiger partial charge on any atom is 0.260 e. The number of rotatable bonds is 3. The number of fused-ring (bicyclic) bond motifs is 1. The predicted octanol–water partition coefficient (Wildman–Crippen LogP) is 3.53. The van der Waals surface area contributed by atoms with E-state index in [4.69, 9.17) is 0 Å². The number of carbonyl (C=O) groups is 1. The second-order valence-corrected chi connectivity index (χ2v) is 5.05. The van der Waals surface area contributed by atoms with Gasteiger partial charge in [-0.1, -0.05) is 36.4 Å². The molecule has 1 aliphatic rings. The normalized spacial score (nSPS) is 15.4. The lowest BCUT2D eigenvalue weighted by molar-refractivity contribution is -0.112. The van der Waals surface area contributed by atoms with Gasteiger partial charge in [0.25, 0.3) is 5.91 Å². The van der Waals surface area contributed by atoms with E-state index in [1.54, 1.807) is 4.90 Å². The van der Waals surface area contributed by atoms with E-state index in [2.05, 4.69) is 24.0 Å². The van der Waals surface area contributed by atoms with Crippen LogP contribution in [0.15, 0.2) is 60.8 Å². The monoisotopic (exact) mass is 278 g/mol.